The molecule has 208 valence electrons. The quantitative estimate of drug-likeness (QED) is 0.245. The lowest BCUT2D eigenvalue weighted by Gasteiger charge is -2.43. The van der Waals surface area contributed by atoms with Crippen LogP contribution in [0.15, 0.2) is 0 Å². The van der Waals surface area contributed by atoms with Gasteiger partial charge in [0.1, 0.15) is 0 Å². The molecule has 0 aromatic rings. The molecule has 4 fully saturated rings. The number of rotatable bonds is 4. The van der Waals surface area contributed by atoms with E-state index in [-0.39, 0.29) is 61.5 Å². The minimum atomic E-state index is -1.10. The number of aliphatic hydroxyl groups is 1. The first kappa shape index (κ1) is 30.8. The Morgan fingerprint density at radius 2 is 1.57 bits per heavy atom. The van der Waals surface area contributed by atoms with Crippen LogP contribution in [-0.2, 0) is 38.2 Å². The molecule has 0 aromatic carbocycles. The maximum atomic E-state index is 11.9. The lowest BCUT2D eigenvalue weighted by Crippen LogP contribution is -2.64. The Morgan fingerprint density at radius 1 is 0.973 bits per heavy atom. The number of amides is 5. The van der Waals surface area contributed by atoms with E-state index in [0.29, 0.717) is 45.4 Å². The summed E-state index contributed by atoms with van der Waals surface area (Å²) in [5.41, 5.74) is -1.89. The van der Waals surface area contributed by atoms with Crippen LogP contribution in [0.4, 0.5) is 0 Å². The highest BCUT2D eigenvalue weighted by molar-refractivity contribution is 6.63. The Bertz CT molecular complexity index is 878. The van der Waals surface area contributed by atoms with Crippen molar-refractivity contribution < 1.29 is 43.3 Å². The molecule has 4 saturated heterocycles. The number of ether oxygens (including phenoxy) is 2. The Kier molecular flexibility index (Phi) is 12.0. The van der Waals surface area contributed by atoms with Crippen LogP contribution >= 0.6 is 11.6 Å². The summed E-state index contributed by atoms with van der Waals surface area (Å²) < 4.78 is 10.9. The van der Waals surface area contributed by atoms with Crippen LogP contribution in [0, 0.1) is 0 Å². The van der Waals surface area contributed by atoms with E-state index in [9.17, 15) is 28.8 Å². The van der Waals surface area contributed by atoms with Crippen LogP contribution in [0.3, 0.4) is 0 Å². The number of piperidine rings is 2. The number of hydrogen-bond acceptors (Lipinski definition) is 10. The summed E-state index contributed by atoms with van der Waals surface area (Å²) in [5.74, 6) is -1.49. The molecule has 13 nitrogen and oxygen atoms in total. The molecule has 2 spiro atoms. The second kappa shape index (κ2) is 14.5. The SMILES string of the molecule is CCCC(=O)Cl.O=C1CCC2(CN(C(=O)CCO)CCO2)C(=O)N1.O=C1CCC2(CNCCO2)C(=O)N1. The average Bonchev–Trinajstić information content (AvgIpc) is 2.86. The third-order valence-electron chi connectivity index (χ3n) is 6.22. The predicted octanol–water partition coefficient (Wildman–Crippen LogP) is -1.26. The number of morpholine rings is 2. The van der Waals surface area contributed by atoms with Crippen molar-refractivity contribution in [2.45, 2.75) is 63.1 Å². The molecule has 0 saturated carbocycles. The first-order valence-electron chi connectivity index (χ1n) is 12.3. The predicted molar refractivity (Wildman–Crippen MR) is 129 cm³/mol. The molecule has 4 aliphatic heterocycles. The van der Waals surface area contributed by atoms with Gasteiger partial charge in [-0.1, -0.05) is 6.92 Å². The van der Waals surface area contributed by atoms with Crippen molar-refractivity contribution in [3.05, 3.63) is 0 Å². The number of carbonyl (C=O) groups is 6. The lowest BCUT2D eigenvalue weighted by molar-refractivity contribution is -0.173. The van der Waals surface area contributed by atoms with E-state index in [0.717, 1.165) is 13.0 Å². The molecule has 2 unspecified atom stereocenters. The number of imide groups is 2. The second-order valence-electron chi connectivity index (χ2n) is 9.01. The molecule has 4 heterocycles. The topological polar surface area (TPSA) is 180 Å². The summed E-state index contributed by atoms with van der Waals surface area (Å²) in [6.45, 7) is 4.32. The van der Waals surface area contributed by atoms with Gasteiger partial charge < -0.3 is 24.8 Å². The van der Waals surface area contributed by atoms with Gasteiger partial charge in [0.2, 0.25) is 23.0 Å². The van der Waals surface area contributed by atoms with Gasteiger partial charge in [-0.25, -0.2) is 0 Å². The van der Waals surface area contributed by atoms with Crippen molar-refractivity contribution in [1.29, 1.82) is 0 Å². The van der Waals surface area contributed by atoms with E-state index >= 15 is 0 Å². The second-order valence-corrected chi connectivity index (χ2v) is 9.43. The van der Waals surface area contributed by atoms with E-state index in [1.165, 1.54) is 4.90 Å². The third kappa shape index (κ3) is 8.82. The molecule has 14 heteroatoms. The fraction of sp³-hybridized carbons (Fsp3) is 0.739. The van der Waals surface area contributed by atoms with Crippen molar-refractivity contribution in [2.75, 3.05) is 46.0 Å². The Morgan fingerprint density at radius 3 is 2.03 bits per heavy atom. The van der Waals surface area contributed by atoms with Gasteiger partial charge in [-0.3, -0.25) is 39.4 Å². The molecular formula is C23H35ClN4O9. The third-order valence-corrected chi connectivity index (χ3v) is 6.41. The van der Waals surface area contributed by atoms with Gasteiger partial charge in [-0.05, 0) is 30.9 Å². The van der Waals surface area contributed by atoms with Crippen LogP contribution in [0.2, 0.25) is 0 Å². The summed E-state index contributed by atoms with van der Waals surface area (Å²) in [6, 6.07) is 0. The smallest absolute Gasteiger partial charge is 0.260 e. The zero-order chi connectivity index (χ0) is 27.5. The van der Waals surface area contributed by atoms with Crippen LogP contribution in [-0.4, -0.2) is 102 Å². The monoisotopic (exact) mass is 546 g/mol. The van der Waals surface area contributed by atoms with Gasteiger partial charge in [0, 0.05) is 45.3 Å². The van der Waals surface area contributed by atoms with Gasteiger partial charge in [0.15, 0.2) is 11.2 Å². The van der Waals surface area contributed by atoms with Crippen LogP contribution in [0.5, 0.6) is 0 Å². The average molecular weight is 547 g/mol. The summed E-state index contributed by atoms with van der Waals surface area (Å²) >= 11 is 4.94. The van der Waals surface area contributed by atoms with Crippen LogP contribution in [0.25, 0.3) is 0 Å². The zero-order valence-corrected chi connectivity index (χ0v) is 21.7. The normalized spacial score (nSPS) is 27.4. The molecule has 0 radical (unpaired) electrons. The molecular weight excluding hydrogens is 512 g/mol. The fourth-order valence-electron chi connectivity index (χ4n) is 4.17. The standard InChI is InChI=1S/C11H16N2O5.C8H12N2O3.C4H7ClO/c14-5-2-9(16)13-4-6-18-11(7-13)3-1-8(15)12-10(11)17;11-6-1-2-8(7(12)10-6)5-9-3-4-13-8;1-2-3-4(5)6/h14H,1-7H2,(H,12,15,17);9H,1-5H2,(H,10,11,12);2-3H2,1H3. The number of nitrogens with one attached hydrogen (secondary N) is 3. The van der Waals surface area contributed by atoms with Gasteiger partial charge >= 0.3 is 0 Å². The summed E-state index contributed by atoms with van der Waals surface area (Å²) in [6.07, 6.45) is 2.76. The Labute approximate surface area is 219 Å². The van der Waals surface area contributed by atoms with Gasteiger partial charge in [0.05, 0.1) is 26.4 Å². The highest BCUT2D eigenvalue weighted by Crippen LogP contribution is 2.27. The number of aliphatic hydroxyl groups excluding tert-OH is 1. The van der Waals surface area contributed by atoms with Crippen molar-refractivity contribution in [2.24, 2.45) is 0 Å². The molecule has 37 heavy (non-hydrogen) atoms. The number of halogens is 1. The van der Waals surface area contributed by atoms with Crippen molar-refractivity contribution >= 4 is 46.4 Å². The molecule has 4 N–H and O–H groups in total. The summed E-state index contributed by atoms with van der Waals surface area (Å²) in [5, 5.41) is 16.1. The first-order chi connectivity index (χ1) is 17.6. The fourth-order valence-corrected chi connectivity index (χ4v) is 4.36. The van der Waals surface area contributed by atoms with Crippen molar-refractivity contribution in [3.8, 4) is 0 Å². The largest absolute Gasteiger partial charge is 0.396 e. The zero-order valence-electron chi connectivity index (χ0n) is 20.9. The summed E-state index contributed by atoms with van der Waals surface area (Å²) in [4.78, 5) is 68.4. The van der Waals surface area contributed by atoms with Gasteiger partial charge in [-0.2, -0.15) is 0 Å². The molecule has 5 amide bonds. The van der Waals surface area contributed by atoms with Gasteiger partial charge in [0.25, 0.3) is 11.8 Å². The van der Waals surface area contributed by atoms with Crippen LogP contribution < -0.4 is 16.0 Å². The van der Waals surface area contributed by atoms with E-state index in [1.54, 1.807) is 0 Å². The van der Waals surface area contributed by atoms with Gasteiger partial charge in [-0.15, -0.1) is 0 Å². The van der Waals surface area contributed by atoms with E-state index in [1.807, 2.05) is 6.92 Å². The number of nitrogens with zero attached hydrogens (tertiary/aromatic N) is 1. The van der Waals surface area contributed by atoms with E-state index < -0.39 is 17.1 Å². The van der Waals surface area contributed by atoms with E-state index in [2.05, 4.69) is 16.0 Å². The number of hydrogen-bond donors (Lipinski definition) is 4. The van der Waals surface area contributed by atoms with Crippen molar-refractivity contribution in [3.63, 3.8) is 0 Å². The molecule has 4 aliphatic rings. The van der Waals surface area contributed by atoms with Crippen LogP contribution in [0.1, 0.15) is 51.9 Å². The molecule has 0 bridgehead atoms. The minimum absolute atomic E-state index is 0.0383. The molecule has 0 aromatic heterocycles. The highest BCUT2D eigenvalue weighted by atomic mass is 35.5. The minimum Gasteiger partial charge on any atom is -0.396 e. The van der Waals surface area contributed by atoms with E-state index in [4.69, 9.17) is 26.2 Å². The first-order valence-corrected chi connectivity index (χ1v) is 12.7. The highest BCUT2D eigenvalue weighted by Gasteiger charge is 2.48. The molecule has 4 rings (SSSR count). The lowest BCUT2D eigenvalue weighted by atomic mass is 9.90. The summed E-state index contributed by atoms with van der Waals surface area (Å²) in [7, 11) is 0. The Balaban J connectivity index is 0.000000221. The molecule has 0 aliphatic carbocycles. The Hall–Kier alpha value is -2.45. The maximum Gasteiger partial charge on any atom is 0.260 e. The molecule has 2 atom stereocenters. The maximum absolute atomic E-state index is 11.9. The number of carbonyl (C=O) groups excluding carboxylic acids is 6. The van der Waals surface area contributed by atoms with Crippen molar-refractivity contribution in [1.82, 2.24) is 20.9 Å².